The number of hydrogen-bond donors (Lipinski definition) is 3. The normalized spacial score (nSPS) is 13.5. The first-order valence-corrected chi connectivity index (χ1v) is 14.0. The van der Waals surface area contributed by atoms with Crippen molar-refractivity contribution >= 4 is 50.2 Å². The molecule has 4 rings (SSSR count). The van der Waals surface area contributed by atoms with Crippen LogP contribution < -0.4 is 20.9 Å². The third-order valence-corrected chi connectivity index (χ3v) is 5.90. The Labute approximate surface area is 218 Å². The Hall–Kier alpha value is -4.03. The van der Waals surface area contributed by atoms with Gasteiger partial charge in [0, 0.05) is 60.9 Å². The summed E-state index contributed by atoms with van der Waals surface area (Å²) in [5.41, 5.74) is 3.14. The largest absolute Gasteiger partial charge is 0.378 e. The summed E-state index contributed by atoms with van der Waals surface area (Å²) in [4.78, 5) is 28.1. The van der Waals surface area contributed by atoms with Gasteiger partial charge in [-0.1, -0.05) is 6.08 Å². The lowest BCUT2D eigenvalue weighted by atomic mass is 10.2. The van der Waals surface area contributed by atoms with Gasteiger partial charge in [0.1, 0.15) is 11.4 Å². The van der Waals surface area contributed by atoms with Crippen LogP contribution in [0.25, 0.3) is 0 Å². The fourth-order valence-electron chi connectivity index (χ4n) is 3.61. The number of nitrogens with one attached hydrogen (secondary N) is 3. The number of carbonyl (C=O) groups excluding carboxylic acids is 1. The summed E-state index contributed by atoms with van der Waals surface area (Å²) in [6.45, 7) is 7.08. The number of benzene rings is 1. The quantitative estimate of drug-likeness (QED) is 0.358. The molecule has 3 aromatic rings. The SMILES string of the molecule is C=CCNC(=O)c1cnc(Nc2ccc(N3CCOCC3)cc2)nc1Nc1cncc(N=S(C)(C)=O)c1.[HH]. The number of amides is 1. The van der Waals surface area contributed by atoms with Crippen molar-refractivity contribution in [3.05, 3.63) is 67.1 Å². The topological polar surface area (TPSA) is 134 Å². The van der Waals surface area contributed by atoms with E-state index in [9.17, 15) is 9.00 Å². The molecule has 1 fully saturated rings. The predicted octanol–water partition coefficient (Wildman–Crippen LogP) is 3.72. The highest BCUT2D eigenvalue weighted by atomic mass is 32.2. The van der Waals surface area contributed by atoms with Crippen molar-refractivity contribution < 1.29 is 15.2 Å². The lowest BCUT2D eigenvalue weighted by Crippen LogP contribution is -2.36. The molecule has 11 nitrogen and oxygen atoms in total. The number of rotatable bonds is 9. The average Bonchev–Trinajstić information content (AvgIpc) is 2.88. The summed E-state index contributed by atoms with van der Waals surface area (Å²) >= 11 is 0. The Bertz CT molecular complexity index is 1380. The first-order chi connectivity index (χ1) is 17.8. The molecule has 0 atom stereocenters. The fraction of sp³-hybridized carbons (Fsp3) is 0.280. The number of nitrogens with zero attached hydrogens (tertiary/aromatic N) is 5. The van der Waals surface area contributed by atoms with Crippen LogP contribution in [0.2, 0.25) is 0 Å². The van der Waals surface area contributed by atoms with Crippen LogP contribution in [0.15, 0.2) is 65.9 Å². The second kappa shape index (κ2) is 11.8. The zero-order chi connectivity index (χ0) is 26.3. The lowest BCUT2D eigenvalue weighted by Gasteiger charge is -2.28. The summed E-state index contributed by atoms with van der Waals surface area (Å²) in [5, 5.41) is 9.05. The van der Waals surface area contributed by atoms with E-state index >= 15 is 0 Å². The van der Waals surface area contributed by atoms with E-state index in [-0.39, 0.29) is 18.7 Å². The summed E-state index contributed by atoms with van der Waals surface area (Å²) < 4.78 is 21.7. The summed E-state index contributed by atoms with van der Waals surface area (Å²) in [6, 6.07) is 9.65. The maximum Gasteiger partial charge on any atom is 0.256 e. The first kappa shape index (κ1) is 26.0. The third-order valence-electron chi connectivity index (χ3n) is 5.25. The Morgan fingerprint density at radius 3 is 2.62 bits per heavy atom. The van der Waals surface area contributed by atoms with Crippen LogP contribution in [-0.2, 0) is 14.5 Å². The molecule has 0 spiro atoms. The van der Waals surface area contributed by atoms with Crippen LogP contribution in [0.1, 0.15) is 11.8 Å². The maximum absolute atomic E-state index is 12.7. The maximum atomic E-state index is 12.7. The first-order valence-electron chi connectivity index (χ1n) is 11.7. The smallest absolute Gasteiger partial charge is 0.256 e. The van der Waals surface area contributed by atoms with Gasteiger partial charge in [-0.25, -0.2) is 9.19 Å². The van der Waals surface area contributed by atoms with Crippen LogP contribution in [0.5, 0.6) is 0 Å². The molecule has 0 unspecified atom stereocenters. The molecular formula is C25H32N8O3S. The molecule has 0 bridgehead atoms. The standard InChI is InChI=1S/C25H30N8O3S.H2/c1-4-9-27-24(34)22-17-28-25(30-18-5-7-21(8-6-18)33-10-12-36-13-11-33)31-23(22)29-19-14-20(16-26-15-19)32-37(2,3)35;/h4-8,14-17H,1,9-13H2,2-3H3,(H,27,34)(H2,28,29,30,31);1H. The van der Waals surface area contributed by atoms with Crippen molar-refractivity contribution in [2.24, 2.45) is 4.36 Å². The van der Waals surface area contributed by atoms with Gasteiger partial charge in [-0.3, -0.25) is 9.78 Å². The molecule has 0 saturated carbocycles. The van der Waals surface area contributed by atoms with Gasteiger partial charge in [-0.2, -0.15) is 9.35 Å². The molecule has 3 N–H and O–H groups in total. The van der Waals surface area contributed by atoms with E-state index in [4.69, 9.17) is 4.74 Å². The molecule has 1 aromatic carbocycles. The van der Waals surface area contributed by atoms with Crippen LogP contribution in [0, 0.1) is 0 Å². The number of anilines is 5. The van der Waals surface area contributed by atoms with Gasteiger partial charge in [-0.05, 0) is 30.3 Å². The zero-order valence-electron chi connectivity index (χ0n) is 20.8. The van der Waals surface area contributed by atoms with Crippen molar-refractivity contribution in [1.82, 2.24) is 20.3 Å². The molecule has 3 heterocycles. The van der Waals surface area contributed by atoms with Gasteiger partial charge in [0.2, 0.25) is 5.95 Å². The number of aromatic nitrogens is 3. The molecule has 1 saturated heterocycles. The van der Waals surface area contributed by atoms with Crippen LogP contribution in [-0.4, -0.2) is 70.4 Å². The van der Waals surface area contributed by atoms with E-state index in [2.05, 4.69) is 46.7 Å². The average molecular weight is 525 g/mol. The second-order valence-electron chi connectivity index (χ2n) is 8.56. The molecule has 12 heteroatoms. The van der Waals surface area contributed by atoms with E-state index in [1.165, 1.54) is 12.4 Å². The Morgan fingerprint density at radius 1 is 1.16 bits per heavy atom. The highest BCUT2D eigenvalue weighted by Gasteiger charge is 2.16. The van der Waals surface area contributed by atoms with E-state index in [0.29, 0.717) is 23.9 Å². The highest BCUT2D eigenvalue weighted by Crippen LogP contribution is 2.25. The summed E-state index contributed by atoms with van der Waals surface area (Å²) in [7, 11) is -2.36. The third kappa shape index (κ3) is 7.48. The van der Waals surface area contributed by atoms with E-state index < -0.39 is 9.73 Å². The molecular weight excluding hydrogens is 492 g/mol. The van der Waals surface area contributed by atoms with Gasteiger partial charge in [0.25, 0.3) is 5.91 Å². The molecule has 2 aromatic heterocycles. The predicted molar refractivity (Wildman–Crippen MR) is 149 cm³/mol. The van der Waals surface area contributed by atoms with E-state index in [1.807, 2.05) is 24.3 Å². The fourth-order valence-corrected chi connectivity index (χ4v) is 4.21. The number of carbonyl (C=O) groups is 1. The molecule has 0 aliphatic carbocycles. The molecule has 1 aliphatic rings. The molecule has 0 radical (unpaired) electrons. The van der Waals surface area contributed by atoms with Crippen molar-refractivity contribution in [2.75, 3.05) is 60.9 Å². The van der Waals surface area contributed by atoms with Crippen LogP contribution in [0.4, 0.5) is 34.5 Å². The Balaban J connectivity index is 0.00000400. The van der Waals surface area contributed by atoms with Gasteiger partial charge in [0.05, 0.1) is 37.0 Å². The highest BCUT2D eigenvalue weighted by molar-refractivity contribution is 7.92. The van der Waals surface area contributed by atoms with Gasteiger partial charge in [-0.15, -0.1) is 6.58 Å². The van der Waals surface area contributed by atoms with Crippen molar-refractivity contribution in [2.45, 2.75) is 0 Å². The van der Waals surface area contributed by atoms with Crippen molar-refractivity contribution in [1.29, 1.82) is 0 Å². The van der Waals surface area contributed by atoms with Crippen LogP contribution >= 0.6 is 0 Å². The lowest BCUT2D eigenvalue weighted by molar-refractivity contribution is 0.0958. The van der Waals surface area contributed by atoms with Gasteiger partial charge in [0.15, 0.2) is 0 Å². The monoisotopic (exact) mass is 524 g/mol. The van der Waals surface area contributed by atoms with Gasteiger partial charge < -0.3 is 25.6 Å². The Kier molecular flexibility index (Phi) is 8.31. The number of ether oxygens (including phenoxy) is 1. The van der Waals surface area contributed by atoms with E-state index in [0.717, 1.165) is 37.7 Å². The second-order valence-corrected chi connectivity index (χ2v) is 11.1. The molecule has 1 amide bonds. The zero-order valence-corrected chi connectivity index (χ0v) is 21.6. The van der Waals surface area contributed by atoms with E-state index in [1.54, 1.807) is 30.9 Å². The summed E-state index contributed by atoms with van der Waals surface area (Å²) in [6.07, 6.45) is 9.21. The van der Waals surface area contributed by atoms with Crippen molar-refractivity contribution in [3.63, 3.8) is 0 Å². The molecule has 37 heavy (non-hydrogen) atoms. The number of pyridine rings is 1. The summed E-state index contributed by atoms with van der Waals surface area (Å²) in [5.74, 6) is 0.222. The minimum atomic E-state index is -2.36. The van der Waals surface area contributed by atoms with Crippen LogP contribution in [0.3, 0.4) is 0 Å². The number of morpholine rings is 1. The number of hydrogen-bond acceptors (Lipinski definition) is 10. The minimum absolute atomic E-state index is 0. The molecule has 196 valence electrons. The Morgan fingerprint density at radius 2 is 1.92 bits per heavy atom. The van der Waals surface area contributed by atoms with Crippen molar-refractivity contribution in [3.8, 4) is 0 Å². The molecule has 1 aliphatic heterocycles. The minimum Gasteiger partial charge on any atom is -0.378 e. The van der Waals surface area contributed by atoms with Gasteiger partial charge >= 0.3 is 0 Å².